The summed E-state index contributed by atoms with van der Waals surface area (Å²) >= 11 is 0. The number of aromatic nitrogens is 1. The van der Waals surface area contributed by atoms with Gasteiger partial charge in [0.05, 0.1) is 5.56 Å². The lowest BCUT2D eigenvalue weighted by atomic mass is 10.1. The molecule has 1 aromatic rings. The number of nitrogens with two attached hydrogens (primary N) is 1. The van der Waals surface area contributed by atoms with Gasteiger partial charge in [0.25, 0.3) is 0 Å². The maximum absolute atomic E-state index is 7.87. The second-order valence-electron chi connectivity index (χ2n) is 6.12. The molecule has 0 aliphatic heterocycles. The standard InChI is InChI=1S/C16H24N4/c1-2-8-20(10-11-6-7-11)16-13(15(17)18)9-12-4-3-5-14(12)19-16/h9,11H,2-8,10H2,1H3,(H3,17,18). The Labute approximate surface area is 120 Å². The highest BCUT2D eigenvalue weighted by atomic mass is 15.2. The maximum atomic E-state index is 7.87. The zero-order valence-electron chi connectivity index (χ0n) is 12.3. The molecular weight excluding hydrogens is 248 g/mol. The van der Waals surface area contributed by atoms with Gasteiger partial charge >= 0.3 is 0 Å². The molecule has 2 aliphatic rings. The molecule has 0 saturated heterocycles. The molecule has 108 valence electrons. The summed E-state index contributed by atoms with van der Waals surface area (Å²) in [6.07, 6.45) is 7.10. The van der Waals surface area contributed by atoms with Crippen LogP contribution < -0.4 is 10.6 Å². The van der Waals surface area contributed by atoms with Crippen LogP contribution in [-0.4, -0.2) is 23.9 Å². The summed E-state index contributed by atoms with van der Waals surface area (Å²) in [5.41, 5.74) is 9.16. The lowest BCUT2D eigenvalue weighted by Gasteiger charge is -2.26. The first-order chi connectivity index (χ1) is 9.69. The van der Waals surface area contributed by atoms with E-state index in [-0.39, 0.29) is 5.84 Å². The van der Waals surface area contributed by atoms with Gasteiger partial charge in [-0.1, -0.05) is 6.92 Å². The Bertz CT molecular complexity index is 519. The van der Waals surface area contributed by atoms with Crippen LogP contribution in [0.2, 0.25) is 0 Å². The average molecular weight is 272 g/mol. The molecule has 1 heterocycles. The number of nitrogens with one attached hydrogen (secondary N) is 1. The first-order valence-corrected chi connectivity index (χ1v) is 7.81. The average Bonchev–Trinajstić information content (AvgIpc) is 3.12. The number of anilines is 1. The Morgan fingerprint density at radius 3 is 2.90 bits per heavy atom. The molecule has 0 radical (unpaired) electrons. The van der Waals surface area contributed by atoms with E-state index in [1.165, 1.54) is 30.5 Å². The largest absolute Gasteiger partial charge is 0.384 e. The summed E-state index contributed by atoms with van der Waals surface area (Å²) in [5.74, 6) is 1.92. The molecule has 0 atom stereocenters. The molecule has 1 saturated carbocycles. The van der Waals surface area contributed by atoms with Crippen LogP contribution in [0.3, 0.4) is 0 Å². The highest BCUT2D eigenvalue weighted by Gasteiger charge is 2.27. The fourth-order valence-corrected chi connectivity index (χ4v) is 3.07. The number of amidine groups is 1. The van der Waals surface area contributed by atoms with E-state index in [9.17, 15) is 0 Å². The first-order valence-electron chi connectivity index (χ1n) is 7.81. The van der Waals surface area contributed by atoms with E-state index in [0.29, 0.717) is 0 Å². The van der Waals surface area contributed by atoms with Crippen LogP contribution in [0.1, 0.15) is 49.4 Å². The molecule has 20 heavy (non-hydrogen) atoms. The van der Waals surface area contributed by atoms with Gasteiger partial charge in [-0.05, 0) is 56.1 Å². The predicted octanol–water partition coefficient (Wildman–Crippen LogP) is 2.48. The van der Waals surface area contributed by atoms with Crippen LogP contribution in [0, 0.1) is 11.3 Å². The normalized spacial score (nSPS) is 17.1. The van der Waals surface area contributed by atoms with Gasteiger partial charge < -0.3 is 10.6 Å². The maximum Gasteiger partial charge on any atom is 0.139 e. The van der Waals surface area contributed by atoms with Gasteiger partial charge in [-0.3, -0.25) is 5.41 Å². The van der Waals surface area contributed by atoms with E-state index < -0.39 is 0 Å². The highest BCUT2D eigenvalue weighted by molar-refractivity contribution is 6.00. The lowest BCUT2D eigenvalue weighted by Crippen LogP contribution is -2.30. The molecule has 0 aromatic carbocycles. The van der Waals surface area contributed by atoms with Crippen molar-refractivity contribution in [1.82, 2.24) is 4.98 Å². The number of pyridine rings is 1. The molecule has 3 rings (SSSR count). The van der Waals surface area contributed by atoms with Crippen molar-refractivity contribution < 1.29 is 0 Å². The topological polar surface area (TPSA) is 66.0 Å². The number of hydrogen-bond donors (Lipinski definition) is 2. The molecule has 4 heteroatoms. The van der Waals surface area contributed by atoms with Gasteiger partial charge in [-0.25, -0.2) is 4.98 Å². The van der Waals surface area contributed by atoms with Gasteiger partial charge in [0.15, 0.2) is 0 Å². The van der Waals surface area contributed by atoms with Crippen molar-refractivity contribution in [1.29, 1.82) is 5.41 Å². The Hall–Kier alpha value is -1.58. The van der Waals surface area contributed by atoms with Crippen molar-refractivity contribution in [2.24, 2.45) is 11.7 Å². The van der Waals surface area contributed by atoms with Crippen LogP contribution in [0.5, 0.6) is 0 Å². The van der Waals surface area contributed by atoms with Crippen LogP contribution in [0.25, 0.3) is 0 Å². The van der Waals surface area contributed by atoms with Crippen molar-refractivity contribution in [3.05, 3.63) is 22.9 Å². The third-order valence-corrected chi connectivity index (χ3v) is 4.29. The van der Waals surface area contributed by atoms with Crippen molar-refractivity contribution in [3.8, 4) is 0 Å². The molecule has 3 N–H and O–H groups in total. The van der Waals surface area contributed by atoms with E-state index in [4.69, 9.17) is 16.1 Å². The minimum absolute atomic E-state index is 0.152. The molecular formula is C16H24N4. The Morgan fingerprint density at radius 2 is 2.25 bits per heavy atom. The zero-order chi connectivity index (χ0) is 14.1. The minimum Gasteiger partial charge on any atom is -0.384 e. The fraction of sp³-hybridized carbons (Fsp3) is 0.625. The number of rotatable bonds is 6. The molecule has 0 amide bonds. The van der Waals surface area contributed by atoms with Gasteiger partial charge in [0, 0.05) is 18.8 Å². The van der Waals surface area contributed by atoms with Crippen molar-refractivity contribution in [3.63, 3.8) is 0 Å². The monoisotopic (exact) mass is 272 g/mol. The molecule has 0 bridgehead atoms. The number of fused-ring (bicyclic) bond motifs is 1. The molecule has 1 fully saturated rings. The van der Waals surface area contributed by atoms with Crippen molar-refractivity contribution in [2.75, 3.05) is 18.0 Å². The second-order valence-corrected chi connectivity index (χ2v) is 6.12. The Morgan fingerprint density at radius 1 is 1.45 bits per heavy atom. The fourth-order valence-electron chi connectivity index (χ4n) is 3.07. The number of hydrogen-bond acceptors (Lipinski definition) is 3. The summed E-state index contributed by atoms with van der Waals surface area (Å²) in [6, 6.07) is 2.11. The Kier molecular flexibility index (Phi) is 3.64. The zero-order valence-corrected chi connectivity index (χ0v) is 12.3. The van der Waals surface area contributed by atoms with Crippen LogP contribution >= 0.6 is 0 Å². The van der Waals surface area contributed by atoms with Crippen molar-refractivity contribution >= 4 is 11.7 Å². The minimum atomic E-state index is 0.152. The molecule has 4 nitrogen and oxygen atoms in total. The summed E-state index contributed by atoms with van der Waals surface area (Å²) < 4.78 is 0. The van der Waals surface area contributed by atoms with E-state index in [1.54, 1.807) is 0 Å². The van der Waals surface area contributed by atoms with Crippen molar-refractivity contribution in [2.45, 2.75) is 45.4 Å². The predicted molar refractivity (Wildman–Crippen MR) is 82.5 cm³/mol. The van der Waals surface area contributed by atoms with Crippen LogP contribution in [-0.2, 0) is 12.8 Å². The summed E-state index contributed by atoms with van der Waals surface area (Å²) in [4.78, 5) is 7.23. The molecule has 2 aliphatic carbocycles. The highest BCUT2D eigenvalue weighted by Crippen LogP contribution is 2.33. The summed E-state index contributed by atoms with van der Waals surface area (Å²) in [6.45, 7) is 4.27. The third kappa shape index (κ3) is 2.65. The first kappa shape index (κ1) is 13.4. The van der Waals surface area contributed by atoms with Gasteiger partial charge in [-0.15, -0.1) is 0 Å². The number of aryl methyl sites for hydroxylation is 2. The Balaban J connectivity index is 1.97. The molecule has 0 spiro atoms. The van der Waals surface area contributed by atoms with E-state index in [0.717, 1.165) is 49.7 Å². The van der Waals surface area contributed by atoms with E-state index in [1.807, 2.05) is 0 Å². The van der Waals surface area contributed by atoms with Gasteiger partial charge in [0.1, 0.15) is 11.7 Å². The van der Waals surface area contributed by atoms with Gasteiger partial charge in [-0.2, -0.15) is 0 Å². The smallest absolute Gasteiger partial charge is 0.139 e. The SMILES string of the molecule is CCCN(CC1CC1)c1nc2c(cc1C(=N)N)CCC2. The van der Waals surface area contributed by atoms with Crippen LogP contribution in [0.4, 0.5) is 5.82 Å². The van der Waals surface area contributed by atoms with E-state index >= 15 is 0 Å². The number of nitrogens with zero attached hydrogens (tertiary/aromatic N) is 2. The van der Waals surface area contributed by atoms with Crippen LogP contribution in [0.15, 0.2) is 6.07 Å². The third-order valence-electron chi connectivity index (χ3n) is 4.29. The summed E-state index contributed by atoms with van der Waals surface area (Å²) in [5, 5.41) is 7.87. The second kappa shape index (κ2) is 5.43. The molecule has 0 unspecified atom stereocenters. The summed E-state index contributed by atoms with van der Waals surface area (Å²) in [7, 11) is 0. The number of nitrogen functional groups attached to an aromatic ring is 1. The lowest BCUT2D eigenvalue weighted by molar-refractivity contribution is 0.696. The molecule has 1 aromatic heterocycles. The van der Waals surface area contributed by atoms with Gasteiger partial charge in [0.2, 0.25) is 0 Å². The quantitative estimate of drug-likeness (QED) is 0.617. The van der Waals surface area contributed by atoms with E-state index in [2.05, 4.69) is 17.9 Å².